The molecule has 18 heavy (non-hydrogen) atoms. The third-order valence-electron chi connectivity index (χ3n) is 2.84. The molecule has 0 radical (unpaired) electrons. The van der Waals surface area contributed by atoms with Gasteiger partial charge in [0.15, 0.2) is 0 Å². The summed E-state index contributed by atoms with van der Waals surface area (Å²) in [5.41, 5.74) is 0.700. The molecule has 1 aromatic carbocycles. The topological polar surface area (TPSA) is 15.3 Å². The molecule has 0 unspecified atom stereocenters. The van der Waals surface area contributed by atoms with Gasteiger partial charge in [-0.25, -0.2) is 4.39 Å². The normalized spacial score (nSPS) is 11.5. The van der Waals surface area contributed by atoms with Crippen LogP contribution in [0.3, 0.4) is 0 Å². The molecule has 0 aromatic heterocycles. The van der Waals surface area contributed by atoms with Gasteiger partial charge in [0, 0.05) is 36.3 Å². The summed E-state index contributed by atoms with van der Waals surface area (Å²) in [7, 11) is 0. The van der Waals surface area contributed by atoms with Gasteiger partial charge in [-0.05, 0) is 18.7 Å². The van der Waals surface area contributed by atoms with Crippen LogP contribution in [0.25, 0.3) is 0 Å². The summed E-state index contributed by atoms with van der Waals surface area (Å²) < 4.78 is 13.7. The molecule has 0 heterocycles. The maximum Gasteiger partial charge on any atom is 0.129 e. The number of likely N-dealkylation sites (N-methyl/N-ethyl adjacent to an activating group) is 1. The molecule has 0 spiro atoms. The van der Waals surface area contributed by atoms with E-state index >= 15 is 0 Å². The molecule has 0 saturated heterocycles. The summed E-state index contributed by atoms with van der Waals surface area (Å²) in [6.07, 6.45) is 0. The molecule has 0 bridgehead atoms. The zero-order valence-corrected chi connectivity index (χ0v) is 12.1. The predicted molar refractivity (Wildman–Crippen MR) is 75.5 cm³/mol. The molecule has 102 valence electrons. The second-order valence-electron chi connectivity index (χ2n) is 4.71. The van der Waals surface area contributed by atoms with E-state index in [1.165, 1.54) is 6.07 Å². The van der Waals surface area contributed by atoms with Gasteiger partial charge in [-0.2, -0.15) is 0 Å². The largest absolute Gasteiger partial charge is 0.313 e. The van der Waals surface area contributed by atoms with Gasteiger partial charge >= 0.3 is 0 Å². The molecule has 0 aliphatic carbocycles. The minimum absolute atomic E-state index is 0.224. The minimum atomic E-state index is -0.224. The Hall–Kier alpha value is -0.640. The first-order valence-electron chi connectivity index (χ1n) is 6.42. The Balaban J connectivity index is 2.51. The molecule has 0 fully saturated rings. The Morgan fingerprint density at radius 2 is 2.11 bits per heavy atom. The fraction of sp³-hybridized carbons (Fsp3) is 0.571. The quantitative estimate of drug-likeness (QED) is 0.819. The van der Waals surface area contributed by atoms with Crippen molar-refractivity contribution in [2.24, 2.45) is 0 Å². The number of halogens is 2. The van der Waals surface area contributed by atoms with Crippen LogP contribution >= 0.6 is 11.6 Å². The lowest BCUT2D eigenvalue weighted by Crippen LogP contribution is -2.34. The van der Waals surface area contributed by atoms with E-state index in [0.717, 1.165) is 19.6 Å². The van der Waals surface area contributed by atoms with Crippen molar-refractivity contribution in [3.63, 3.8) is 0 Å². The number of benzene rings is 1. The van der Waals surface area contributed by atoms with Crippen LogP contribution in [0.4, 0.5) is 4.39 Å². The fourth-order valence-corrected chi connectivity index (χ4v) is 1.91. The van der Waals surface area contributed by atoms with Gasteiger partial charge in [-0.15, -0.1) is 0 Å². The summed E-state index contributed by atoms with van der Waals surface area (Å²) in [6.45, 7) is 9.69. The number of hydrogen-bond acceptors (Lipinski definition) is 2. The van der Waals surface area contributed by atoms with E-state index in [4.69, 9.17) is 11.6 Å². The molecule has 0 saturated carbocycles. The molecule has 0 amide bonds. The summed E-state index contributed by atoms with van der Waals surface area (Å²) in [5.74, 6) is -0.224. The van der Waals surface area contributed by atoms with Gasteiger partial charge in [0.25, 0.3) is 0 Å². The Bertz CT molecular complexity index is 369. The highest BCUT2D eigenvalue weighted by molar-refractivity contribution is 6.30. The molecule has 2 nitrogen and oxygen atoms in total. The van der Waals surface area contributed by atoms with Crippen LogP contribution < -0.4 is 5.32 Å². The van der Waals surface area contributed by atoms with E-state index in [9.17, 15) is 4.39 Å². The van der Waals surface area contributed by atoms with Crippen molar-refractivity contribution in [3.8, 4) is 0 Å². The first kappa shape index (κ1) is 15.4. The first-order valence-corrected chi connectivity index (χ1v) is 6.80. The third-order valence-corrected chi connectivity index (χ3v) is 3.07. The van der Waals surface area contributed by atoms with Gasteiger partial charge < -0.3 is 5.32 Å². The van der Waals surface area contributed by atoms with Crippen molar-refractivity contribution in [3.05, 3.63) is 34.6 Å². The molecular formula is C14H22ClFN2. The molecular weight excluding hydrogens is 251 g/mol. The van der Waals surface area contributed by atoms with Crippen molar-refractivity contribution in [1.29, 1.82) is 0 Å². The molecule has 1 N–H and O–H groups in total. The second-order valence-corrected chi connectivity index (χ2v) is 5.15. The van der Waals surface area contributed by atoms with Crippen LogP contribution in [0.1, 0.15) is 26.3 Å². The second kappa shape index (κ2) is 7.72. The van der Waals surface area contributed by atoms with Gasteiger partial charge in [-0.1, -0.05) is 38.4 Å². The molecule has 0 aliphatic heterocycles. The van der Waals surface area contributed by atoms with Crippen LogP contribution in [-0.2, 0) is 6.54 Å². The lowest BCUT2D eigenvalue weighted by Gasteiger charge is -2.21. The standard InChI is InChI=1S/C14H22ClFN2/c1-4-18(8-7-17-11(2)3)10-12-5-6-13(15)9-14(12)16/h5-6,9,11,17H,4,7-8,10H2,1-3H3. The molecule has 4 heteroatoms. The number of rotatable bonds is 7. The molecule has 1 aromatic rings. The number of nitrogens with one attached hydrogen (secondary N) is 1. The summed E-state index contributed by atoms with van der Waals surface area (Å²) in [5, 5.41) is 3.81. The van der Waals surface area contributed by atoms with Gasteiger partial charge in [0.1, 0.15) is 5.82 Å². The Kier molecular flexibility index (Phi) is 6.61. The maximum atomic E-state index is 13.7. The van der Waals surface area contributed by atoms with E-state index in [1.807, 2.05) is 0 Å². The van der Waals surface area contributed by atoms with Crippen molar-refractivity contribution < 1.29 is 4.39 Å². The molecule has 1 rings (SSSR count). The van der Waals surface area contributed by atoms with Crippen LogP contribution in [0.15, 0.2) is 18.2 Å². The summed E-state index contributed by atoms with van der Waals surface area (Å²) in [4.78, 5) is 2.21. The third kappa shape index (κ3) is 5.34. The predicted octanol–water partition coefficient (Wildman–Crippen LogP) is 3.30. The monoisotopic (exact) mass is 272 g/mol. The summed E-state index contributed by atoms with van der Waals surface area (Å²) in [6, 6.07) is 5.35. The average molecular weight is 273 g/mol. The van der Waals surface area contributed by atoms with E-state index < -0.39 is 0 Å². The highest BCUT2D eigenvalue weighted by Gasteiger charge is 2.08. The number of nitrogens with zero attached hydrogens (tertiary/aromatic N) is 1. The summed E-state index contributed by atoms with van der Waals surface area (Å²) >= 11 is 5.74. The number of hydrogen-bond donors (Lipinski definition) is 1. The van der Waals surface area contributed by atoms with Gasteiger partial charge in [0.2, 0.25) is 0 Å². The molecule has 0 aliphatic rings. The van der Waals surface area contributed by atoms with Crippen LogP contribution in [0.2, 0.25) is 5.02 Å². The minimum Gasteiger partial charge on any atom is -0.313 e. The lowest BCUT2D eigenvalue weighted by molar-refractivity contribution is 0.272. The zero-order valence-electron chi connectivity index (χ0n) is 11.3. The maximum absolute atomic E-state index is 13.7. The van der Waals surface area contributed by atoms with Crippen molar-refractivity contribution in [2.75, 3.05) is 19.6 Å². The van der Waals surface area contributed by atoms with Crippen molar-refractivity contribution in [1.82, 2.24) is 10.2 Å². The Labute approximate surface area is 114 Å². The highest BCUT2D eigenvalue weighted by atomic mass is 35.5. The van der Waals surface area contributed by atoms with Crippen molar-refractivity contribution in [2.45, 2.75) is 33.4 Å². The smallest absolute Gasteiger partial charge is 0.129 e. The van der Waals surface area contributed by atoms with E-state index in [0.29, 0.717) is 23.2 Å². The zero-order chi connectivity index (χ0) is 13.5. The SMILES string of the molecule is CCN(CCNC(C)C)Cc1ccc(Cl)cc1F. The van der Waals surface area contributed by atoms with Gasteiger partial charge in [0.05, 0.1) is 0 Å². The first-order chi connectivity index (χ1) is 8.52. The fourth-order valence-electron chi connectivity index (χ4n) is 1.75. The van der Waals surface area contributed by atoms with E-state index in [1.54, 1.807) is 12.1 Å². The van der Waals surface area contributed by atoms with E-state index in [2.05, 4.69) is 31.0 Å². The van der Waals surface area contributed by atoms with Crippen LogP contribution in [0, 0.1) is 5.82 Å². The average Bonchev–Trinajstić information content (AvgIpc) is 2.30. The Morgan fingerprint density at radius 3 is 2.67 bits per heavy atom. The van der Waals surface area contributed by atoms with Crippen LogP contribution in [0.5, 0.6) is 0 Å². The Morgan fingerprint density at radius 1 is 1.39 bits per heavy atom. The van der Waals surface area contributed by atoms with Gasteiger partial charge in [-0.3, -0.25) is 4.90 Å². The van der Waals surface area contributed by atoms with E-state index in [-0.39, 0.29) is 5.82 Å². The lowest BCUT2D eigenvalue weighted by atomic mass is 10.2. The van der Waals surface area contributed by atoms with Crippen molar-refractivity contribution >= 4 is 11.6 Å². The molecule has 0 atom stereocenters. The van der Waals surface area contributed by atoms with Crippen LogP contribution in [-0.4, -0.2) is 30.6 Å². The highest BCUT2D eigenvalue weighted by Crippen LogP contribution is 2.16.